The van der Waals surface area contributed by atoms with E-state index in [0.29, 0.717) is 50.3 Å². The molecule has 0 radical (unpaired) electrons. The maximum atomic E-state index is 12.7. The van der Waals surface area contributed by atoms with Crippen LogP contribution in [-0.2, 0) is 9.59 Å². The Morgan fingerprint density at radius 2 is 2.04 bits per heavy atom. The summed E-state index contributed by atoms with van der Waals surface area (Å²) in [5, 5.41) is 16.5. The molecule has 3 amide bonds. The molecule has 0 spiro atoms. The molecular weight excluding hydrogens is 350 g/mol. The lowest BCUT2D eigenvalue weighted by molar-refractivity contribution is -0.126. The number of carboxylic acid groups (broad SMARTS) is 1. The fraction of sp³-hybridized carbons (Fsp3) is 0.421. The van der Waals surface area contributed by atoms with Crippen molar-refractivity contribution in [1.82, 2.24) is 10.6 Å². The predicted octanol–water partition coefficient (Wildman–Crippen LogP) is 2.28. The Bertz CT molecular complexity index is 690. The number of benzene rings is 1. The Hall–Kier alpha value is -3.03. The molecule has 1 heterocycles. The van der Waals surface area contributed by atoms with Crippen LogP contribution in [0.1, 0.15) is 32.1 Å². The second-order valence-corrected chi connectivity index (χ2v) is 6.15. The minimum atomic E-state index is -1.08. The Labute approximate surface area is 158 Å². The van der Waals surface area contributed by atoms with Gasteiger partial charge in [0.1, 0.15) is 18.4 Å². The smallest absolute Gasteiger partial charge is 0.404 e. The molecule has 2 rings (SSSR count). The van der Waals surface area contributed by atoms with Crippen molar-refractivity contribution >= 4 is 23.6 Å². The van der Waals surface area contributed by atoms with Crippen molar-refractivity contribution in [3.8, 4) is 5.75 Å². The summed E-state index contributed by atoms with van der Waals surface area (Å²) < 4.78 is 5.68. The normalized spacial score (nSPS) is 17.9. The number of allylic oxidation sites excluding steroid dienone is 1. The van der Waals surface area contributed by atoms with Gasteiger partial charge in [0.15, 0.2) is 0 Å². The number of hydrogen-bond donors (Lipinski definition) is 4. The highest BCUT2D eigenvalue weighted by Gasteiger charge is 2.21. The second-order valence-electron chi connectivity index (χ2n) is 6.15. The third-order valence-electron chi connectivity index (χ3n) is 4.03. The Morgan fingerprint density at radius 1 is 1.22 bits per heavy atom. The van der Waals surface area contributed by atoms with Crippen molar-refractivity contribution in [3.63, 3.8) is 0 Å². The van der Waals surface area contributed by atoms with E-state index in [2.05, 4.69) is 16.0 Å². The van der Waals surface area contributed by atoms with Gasteiger partial charge in [0.25, 0.3) is 0 Å². The zero-order chi connectivity index (χ0) is 19.5. The largest absolute Gasteiger partial charge is 0.487 e. The molecule has 0 bridgehead atoms. The molecule has 1 aliphatic rings. The SMILES string of the molecule is O=C(O)NCCCCC1NC(=O)CCC=CCOc2ccccc2NC1=O. The number of rotatable bonds is 5. The zero-order valence-electron chi connectivity index (χ0n) is 15.1. The second kappa shape index (κ2) is 10.8. The third-order valence-corrected chi connectivity index (χ3v) is 4.03. The van der Waals surface area contributed by atoms with Gasteiger partial charge in [0.05, 0.1) is 5.69 Å². The molecule has 8 nitrogen and oxygen atoms in total. The van der Waals surface area contributed by atoms with Crippen molar-refractivity contribution in [3.05, 3.63) is 36.4 Å². The van der Waals surface area contributed by atoms with Gasteiger partial charge in [-0.1, -0.05) is 24.3 Å². The molecule has 0 saturated carbocycles. The standard InChI is InChI=1S/C19H25N3O5/c23-17-11-2-1-7-13-27-16-10-4-3-8-14(16)22-18(24)15(21-17)9-5-6-12-20-19(25)26/h1,3-4,7-8,10,15,20H,2,5-6,9,11-13H2,(H,21,23)(H,22,24)(H,25,26). The first-order valence-electron chi connectivity index (χ1n) is 9.00. The van der Waals surface area contributed by atoms with Gasteiger partial charge in [0.2, 0.25) is 11.8 Å². The fourth-order valence-corrected chi connectivity index (χ4v) is 2.66. The number of amides is 3. The highest BCUT2D eigenvalue weighted by Crippen LogP contribution is 2.24. The zero-order valence-corrected chi connectivity index (χ0v) is 15.1. The van der Waals surface area contributed by atoms with Crippen molar-refractivity contribution in [2.45, 2.75) is 38.1 Å². The molecule has 27 heavy (non-hydrogen) atoms. The summed E-state index contributed by atoms with van der Waals surface area (Å²) in [6.45, 7) is 0.660. The number of fused-ring (bicyclic) bond motifs is 1. The van der Waals surface area contributed by atoms with E-state index in [1.165, 1.54) is 0 Å². The molecular formula is C19H25N3O5. The van der Waals surface area contributed by atoms with Gasteiger partial charge in [-0.3, -0.25) is 9.59 Å². The van der Waals surface area contributed by atoms with Crippen LogP contribution in [0.3, 0.4) is 0 Å². The van der Waals surface area contributed by atoms with Crippen LogP contribution < -0.4 is 20.7 Å². The first-order chi connectivity index (χ1) is 13.1. The van der Waals surface area contributed by atoms with Crippen molar-refractivity contribution in [2.24, 2.45) is 0 Å². The molecule has 146 valence electrons. The Kier molecular flexibility index (Phi) is 8.15. The fourth-order valence-electron chi connectivity index (χ4n) is 2.66. The molecule has 0 aliphatic carbocycles. The van der Waals surface area contributed by atoms with Crippen LogP contribution in [0.2, 0.25) is 0 Å². The summed E-state index contributed by atoms with van der Waals surface area (Å²) in [5.74, 6) is 0.0418. The van der Waals surface area contributed by atoms with E-state index < -0.39 is 12.1 Å². The van der Waals surface area contributed by atoms with E-state index in [0.717, 1.165) is 0 Å². The highest BCUT2D eigenvalue weighted by molar-refractivity contribution is 5.98. The number of ether oxygens (including phenoxy) is 1. The molecule has 8 heteroatoms. The van der Waals surface area contributed by atoms with Gasteiger partial charge in [-0.2, -0.15) is 0 Å². The third kappa shape index (κ3) is 7.39. The van der Waals surface area contributed by atoms with Crippen molar-refractivity contribution in [2.75, 3.05) is 18.5 Å². The van der Waals surface area contributed by atoms with Crippen LogP contribution in [0, 0.1) is 0 Å². The Morgan fingerprint density at radius 3 is 2.85 bits per heavy atom. The summed E-state index contributed by atoms with van der Waals surface area (Å²) >= 11 is 0. The van der Waals surface area contributed by atoms with E-state index >= 15 is 0 Å². The minimum absolute atomic E-state index is 0.197. The topological polar surface area (TPSA) is 117 Å². The van der Waals surface area contributed by atoms with E-state index in [9.17, 15) is 14.4 Å². The molecule has 1 aliphatic heterocycles. The number of anilines is 1. The van der Waals surface area contributed by atoms with E-state index in [1.807, 2.05) is 18.2 Å². The lowest BCUT2D eigenvalue weighted by atomic mass is 10.1. The summed E-state index contributed by atoms with van der Waals surface area (Å²) in [7, 11) is 0. The van der Waals surface area contributed by atoms with Gasteiger partial charge >= 0.3 is 6.09 Å². The average molecular weight is 375 g/mol. The molecule has 1 aromatic rings. The van der Waals surface area contributed by atoms with Gasteiger partial charge < -0.3 is 25.8 Å². The van der Waals surface area contributed by atoms with Gasteiger partial charge in [0, 0.05) is 13.0 Å². The number of carbonyl (C=O) groups excluding carboxylic acids is 2. The maximum absolute atomic E-state index is 12.7. The summed E-state index contributed by atoms with van der Waals surface area (Å²) in [6.07, 6.45) is 5.08. The van der Waals surface area contributed by atoms with Crippen LogP contribution in [0.25, 0.3) is 0 Å². The van der Waals surface area contributed by atoms with Crippen LogP contribution in [0.5, 0.6) is 5.75 Å². The van der Waals surface area contributed by atoms with Crippen molar-refractivity contribution in [1.29, 1.82) is 0 Å². The van der Waals surface area contributed by atoms with E-state index in [1.54, 1.807) is 18.2 Å². The van der Waals surface area contributed by atoms with Gasteiger partial charge in [-0.15, -0.1) is 0 Å². The van der Waals surface area contributed by atoms with Crippen LogP contribution in [-0.4, -0.2) is 42.2 Å². The van der Waals surface area contributed by atoms with Crippen molar-refractivity contribution < 1.29 is 24.2 Å². The molecule has 4 N–H and O–H groups in total. The Balaban J connectivity index is 2.05. The molecule has 1 aromatic carbocycles. The van der Waals surface area contributed by atoms with E-state index in [-0.39, 0.29) is 18.2 Å². The van der Waals surface area contributed by atoms with Crippen LogP contribution in [0.15, 0.2) is 36.4 Å². The summed E-state index contributed by atoms with van der Waals surface area (Å²) in [5.41, 5.74) is 0.543. The maximum Gasteiger partial charge on any atom is 0.404 e. The summed E-state index contributed by atoms with van der Waals surface area (Å²) in [4.78, 5) is 35.3. The minimum Gasteiger partial charge on any atom is -0.487 e. The molecule has 1 unspecified atom stereocenters. The lowest BCUT2D eigenvalue weighted by Gasteiger charge is -2.19. The monoisotopic (exact) mass is 375 g/mol. The van der Waals surface area contributed by atoms with Crippen LogP contribution >= 0.6 is 0 Å². The van der Waals surface area contributed by atoms with Gasteiger partial charge in [-0.05, 0) is 37.8 Å². The lowest BCUT2D eigenvalue weighted by Crippen LogP contribution is -2.43. The number of nitrogens with one attached hydrogen (secondary N) is 3. The molecule has 0 fully saturated rings. The number of unbranched alkanes of at least 4 members (excludes halogenated alkanes) is 1. The quantitative estimate of drug-likeness (QED) is 0.465. The molecule has 0 aromatic heterocycles. The number of para-hydroxylation sites is 2. The van der Waals surface area contributed by atoms with Gasteiger partial charge in [-0.25, -0.2) is 4.79 Å². The molecule has 1 atom stereocenters. The first kappa shape index (κ1) is 20.3. The molecule has 0 saturated heterocycles. The van der Waals surface area contributed by atoms with Crippen LogP contribution in [0.4, 0.5) is 10.5 Å². The summed E-state index contributed by atoms with van der Waals surface area (Å²) in [6, 6.07) is 6.43. The van der Waals surface area contributed by atoms with E-state index in [4.69, 9.17) is 9.84 Å². The highest BCUT2D eigenvalue weighted by atomic mass is 16.5. The number of hydrogen-bond acceptors (Lipinski definition) is 4. The first-order valence-corrected chi connectivity index (χ1v) is 9.00. The average Bonchev–Trinajstić information content (AvgIpc) is 2.64. The number of carbonyl (C=O) groups is 3. The predicted molar refractivity (Wildman–Crippen MR) is 101 cm³/mol.